The van der Waals surface area contributed by atoms with Crippen molar-refractivity contribution >= 4 is 16.9 Å². The van der Waals surface area contributed by atoms with E-state index >= 15 is 0 Å². The second-order valence-electron chi connectivity index (χ2n) is 11.2. The first kappa shape index (κ1) is 45.1. The number of alkyl halides is 17. The van der Waals surface area contributed by atoms with Gasteiger partial charge in [0.25, 0.3) is 0 Å². The summed E-state index contributed by atoms with van der Waals surface area (Å²) in [4.78, 5) is 0. The van der Waals surface area contributed by atoms with Gasteiger partial charge in [-0.15, -0.1) is 0 Å². The Morgan fingerprint density at radius 3 is 1.09 bits per heavy atom. The summed E-state index contributed by atoms with van der Waals surface area (Å²) in [6.45, 7) is 8.83. The molecule has 0 aromatic heterocycles. The van der Waals surface area contributed by atoms with Crippen molar-refractivity contribution in [1.29, 1.82) is 0 Å². The summed E-state index contributed by atoms with van der Waals surface area (Å²) in [5.74, 6) is -56.0. The van der Waals surface area contributed by atoms with Crippen LogP contribution in [0.3, 0.4) is 0 Å². The summed E-state index contributed by atoms with van der Waals surface area (Å²) in [7, 11) is -6.00. The molecule has 0 atom stereocenters. The van der Waals surface area contributed by atoms with E-state index in [0.717, 1.165) is 0 Å². The second-order valence-corrected chi connectivity index (χ2v) is 19.3. The lowest BCUT2D eigenvalue weighted by atomic mass is 9.88. The van der Waals surface area contributed by atoms with Gasteiger partial charge in [-0.2, -0.15) is 74.6 Å². The molecule has 278 valence electrons. The van der Waals surface area contributed by atoms with Crippen molar-refractivity contribution in [2.24, 2.45) is 0 Å². The zero-order valence-electron chi connectivity index (χ0n) is 25.4. The van der Waals surface area contributed by atoms with Gasteiger partial charge in [0, 0.05) is 40.4 Å². The minimum absolute atomic E-state index is 0.100. The Balaban J connectivity index is 5.64. The molecule has 0 amide bonds. The maximum atomic E-state index is 14.3. The minimum Gasteiger partial charge on any atom is -0.374 e. The number of halogens is 17. The summed E-state index contributed by atoms with van der Waals surface area (Å²) in [6.07, 6.45) is -8.29. The van der Waals surface area contributed by atoms with Crippen LogP contribution in [0.25, 0.3) is 0 Å². The number of unbranched alkanes of at least 4 members (excludes halogenated alkanes) is 3. The van der Waals surface area contributed by atoms with Gasteiger partial charge in [0.1, 0.15) is 0 Å². The van der Waals surface area contributed by atoms with Crippen LogP contribution in [0, 0.1) is 0 Å². The zero-order valence-corrected chi connectivity index (χ0v) is 27.4. The predicted molar refractivity (Wildman–Crippen MR) is 136 cm³/mol. The van der Waals surface area contributed by atoms with Crippen LogP contribution in [0.2, 0.25) is 31.2 Å². The molecule has 46 heavy (non-hydrogen) atoms. The topological polar surface area (TPSA) is 27.7 Å². The fourth-order valence-corrected chi connectivity index (χ4v) is 9.41. The van der Waals surface area contributed by atoms with Crippen LogP contribution in [0.5, 0.6) is 0 Å². The third-order valence-electron chi connectivity index (χ3n) is 7.08. The summed E-state index contributed by atoms with van der Waals surface area (Å²) in [5.41, 5.74) is 0. The average Bonchev–Trinajstić information content (AvgIpc) is 2.88. The smallest absolute Gasteiger partial charge is 0.374 e. The molecule has 3 nitrogen and oxygen atoms in total. The van der Waals surface area contributed by atoms with E-state index in [1.165, 1.54) is 13.1 Å². The normalized spacial score (nSPS) is 15.5. The van der Waals surface area contributed by atoms with E-state index in [1.807, 2.05) is 0 Å². The van der Waals surface area contributed by atoms with Gasteiger partial charge in [-0.1, -0.05) is 44.4 Å². The Kier molecular flexibility index (Phi) is 15.1. The molecule has 0 spiro atoms. The highest BCUT2D eigenvalue weighted by Gasteiger charge is 2.95. The maximum absolute atomic E-state index is 14.3. The molecule has 0 fully saturated rings. The summed E-state index contributed by atoms with van der Waals surface area (Å²) in [6, 6.07) is -0.476. The van der Waals surface area contributed by atoms with Crippen molar-refractivity contribution in [3.63, 3.8) is 0 Å². The lowest BCUT2D eigenvalue weighted by molar-refractivity contribution is -0.461. The van der Waals surface area contributed by atoms with Gasteiger partial charge in [0.2, 0.25) is 0 Å². The SMILES string of the molecule is CCO[Si](CCCCCC[Si](C)(C)CCC(F)(F)C(F)(F)C(F)(F)C(F)(F)C(F)(F)C(F)(F)C(F)(F)C(F)(F)F)(OCC)OCC. The van der Waals surface area contributed by atoms with Gasteiger partial charge in [0.15, 0.2) is 0 Å². The Hall–Kier alpha value is -0.876. The fourth-order valence-electron chi connectivity index (χ4n) is 4.27. The van der Waals surface area contributed by atoms with E-state index in [2.05, 4.69) is 0 Å². The lowest BCUT2D eigenvalue weighted by Crippen LogP contribution is -2.74. The van der Waals surface area contributed by atoms with Crippen molar-refractivity contribution in [2.75, 3.05) is 19.8 Å². The quantitative estimate of drug-likeness (QED) is 0.0626. The first-order valence-electron chi connectivity index (χ1n) is 14.0. The molecule has 0 unspecified atom stereocenters. The van der Waals surface area contributed by atoms with Crippen molar-refractivity contribution in [1.82, 2.24) is 0 Å². The van der Waals surface area contributed by atoms with Crippen molar-refractivity contribution < 1.29 is 87.9 Å². The Labute approximate surface area is 256 Å². The van der Waals surface area contributed by atoms with Gasteiger partial charge in [0.05, 0.1) is 0 Å². The number of rotatable bonds is 22. The van der Waals surface area contributed by atoms with Crippen molar-refractivity contribution in [3.8, 4) is 0 Å². The molecule has 0 saturated carbocycles. The molecule has 0 aliphatic heterocycles. The van der Waals surface area contributed by atoms with Gasteiger partial charge in [-0.05, 0) is 27.2 Å². The molecule has 22 heteroatoms. The van der Waals surface area contributed by atoms with Crippen LogP contribution in [-0.4, -0.2) is 84.3 Å². The molecule has 0 aliphatic carbocycles. The predicted octanol–water partition coefficient (Wildman–Crippen LogP) is 10.7. The maximum Gasteiger partial charge on any atom is 0.500 e. The molecular formula is C24H37F17O3Si2. The van der Waals surface area contributed by atoms with Crippen molar-refractivity contribution in [2.45, 2.75) is 132 Å². The monoisotopic (exact) mass is 752 g/mol. The largest absolute Gasteiger partial charge is 0.500 e. The minimum atomic E-state index is -8.60. The van der Waals surface area contributed by atoms with E-state index in [0.29, 0.717) is 51.5 Å². The molecule has 0 saturated heterocycles. The van der Waals surface area contributed by atoms with Crippen LogP contribution in [0.1, 0.15) is 52.9 Å². The highest BCUT2D eigenvalue weighted by molar-refractivity contribution is 6.77. The Bertz CT molecular complexity index is 926. The van der Waals surface area contributed by atoms with Crippen molar-refractivity contribution in [3.05, 3.63) is 0 Å². The molecular weight excluding hydrogens is 715 g/mol. The van der Waals surface area contributed by atoms with E-state index in [1.54, 1.807) is 20.8 Å². The Morgan fingerprint density at radius 2 is 0.739 bits per heavy atom. The third kappa shape index (κ3) is 9.02. The Morgan fingerprint density at radius 1 is 0.413 bits per heavy atom. The fraction of sp³-hybridized carbons (Fsp3) is 1.00. The lowest BCUT2D eigenvalue weighted by Gasteiger charge is -2.43. The van der Waals surface area contributed by atoms with E-state index in [9.17, 15) is 74.6 Å². The first-order chi connectivity index (χ1) is 20.3. The zero-order chi connectivity index (χ0) is 36.9. The van der Waals surface area contributed by atoms with Gasteiger partial charge >= 0.3 is 56.4 Å². The standard InChI is InChI=1S/C24H37F17O3Si2/c1-6-42-46(43-7-2,44-8-3)15-12-10-9-11-14-45(4,5)16-13-17(25,26)18(27,28)19(29,30)20(31,32)21(33,34)22(35,36)23(37,38)24(39,40)41/h6-16H2,1-5H3. The second kappa shape index (κ2) is 15.3. The molecule has 0 aliphatic rings. The van der Waals surface area contributed by atoms with Crippen LogP contribution >= 0.6 is 0 Å². The van der Waals surface area contributed by atoms with E-state index in [-0.39, 0.29) is 6.04 Å². The summed E-state index contributed by atoms with van der Waals surface area (Å²) < 4.78 is 246. The highest BCUT2D eigenvalue weighted by Crippen LogP contribution is 2.64. The highest BCUT2D eigenvalue weighted by atomic mass is 28.4. The average molecular weight is 753 g/mol. The molecule has 0 rings (SSSR count). The molecule has 0 aromatic rings. The first-order valence-corrected chi connectivity index (χ1v) is 19.3. The van der Waals surface area contributed by atoms with Crippen LogP contribution in [0.15, 0.2) is 0 Å². The van der Waals surface area contributed by atoms with Gasteiger partial charge < -0.3 is 13.3 Å². The molecule has 0 N–H and O–H groups in total. The number of hydrogen-bond acceptors (Lipinski definition) is 3. The third-order valence-corrected chi connectivity index (χ3v) is 13.5. The van der Waals surface area contributed by atoms with Gasteiger partial charge in [-0.25, -0.2) is 0 Å². The molecule has 0 aromatic carbocycles. The summed E-state index contributed by atoms with van der Waals surface area (Å²) >= 11 is 0. The van der Waals surface area contributed by atoms with Gasteiger partial charge in [-0.3, -0.25) is 0 Å². The molecule has 0 heterocycles. The van der Waals surface area contributed by atoms with Crippen LogP contribution in [-0.2, 0) is 13.3 Å². The number of hydrogen-bond donors (Lipinski definition) is 0. The van der Waals surface area contributed by atoms with Crippen LogP contribution in [0.4, 0.5) is 74.6 Å². The van der Waals surface area contributed by atoms with E-state index < -0.39 is 77.0 Å². The molecule has 0 bridgehead atoms. The van der Waals surface area contributed by atoms with E-state index in [4.69, 9.17) is 13.3 Å². The summed E-state index contributed by atoms with van der Waals surface area (Å²) in [5, 5.41) is 0. The van der Waals surface area contributed by atoms with Crippen LogP contribution < -0.4 is 0 Å². The molecule has 0 radical (unpaired) electrons.